The molecule has 0 amide bonds. The lowest BCUT2D eigenvalue weighted by Gasteiger charge is -2.24. The first-order valence-electron chi connectivity index (χ1n) is 7.87. The van der Waals surface area contributed by atoms with Gasteiger partial charge in [-0.05, 0) is 37.8 Å². The van der Waals surface area contributed by atoms with Gasteiger partial charge in [0.15, 0.2) is 0 Å². The van der Waals surface area contributed by atoms with Crippen molar-refractivity contribution in [3.8, 4) is 5.75 Å². The molecule has 132 valence electrons. The summed E-state index contributed by atoms with van der Waals surface area (Å²) >= 11 is 0. The van der Waals surface area contributed by atoms with Crippen molar-refractivity contribution in [2.75, 3.05) is 0 Å². The predicted molar refractivity (Wildman–Crippen MR) is 86.4 cm³/mol. The van der Waals surface area contributed by atoms with Crippen LogP contribution in [0, 0.1) is 0 Å². The van der Waals surface area contributed by atoms with Crippen LogP contribution in [0.4, 0.5) is 0 Å². The van der Waals surface area contributed by atoms with Gasteiger partial charge in [0, 0.05) is 0 Å². The SMILES string of the molecule is O=CC(CC(=O)O)NS(=O)(=O)c1ccccc1OC1CCCCC1. The third-order valence-electron chi connectivity index (χ3n) is 3.85. The van der Waals surface area contributed by atoms with Gasteiger partial charge in [0.1, 0.15) is 16.9 Å². The maximum Gasteiger partial charge on any atom is 0.305 e. The molecule has 1 unspecified atom stereocenters. The first kappa shape index (κ1) is 18.4. The molecule has 0 spiro atoms. The first-order valence-corrected chi connectivity index (χ1v) is 9.36. The van der Waals surface area contributed by atoms with Crippen molar-refractivity contribution in [3.05, 3.63) is 24.3 Å². The highest BCUT2D eigenvalue weighted by Gasteiger charge is 2.26. The summed E-state index contributed by atoms with van der Waals surface area (Å²) in [5.74, 6) is -1.04. The number of benzene rings is 1. The van der Waals surface area contributed by atoms with Gasteiger partial charge in [0.05, 0.1) is 18.6 Å². The Morgan fingerprint density at radius 1 is 1.29 bits per heavy atom. The van der Waals surface area contributed by atoms with E-state index in [4.69, 9.17) is 9.84 Å². The first-order chi connectivity index (χ1) is 11.4. The van der Waals surface area contributed by atoms with E-state index in [0.717, 1.165) is 32.1 Å². The number of carboxylic acid groups (broad SMARTS) is 1. The van der Waals surface area contributed by atoms with E-state index in [1.807, 2.05) is 0 Å². The minimum atomic E-state index is -4.07. The van der Waals surface area contributed by atoms with E-state index in [0.29, 0.717) is 0 Å². The highest BCUT2D eigenvalue weighted by Crippen LogP contribution is 2.28. The van der Waals surface area contributed by atoms with Gasteiger partial charge in [0.25, 0.3) is 0 Å². The third-order valence-corrected chi connectivity index (χ3v) is 5.38. The highest BCUT2D eigenvalue weighted by molar-refractivity contribution is 7.89. The van der Waals surface area contributed by atoms with Crippen LogP contribution in [0.1, 0.15) is 38.5 Å². The number of nitrogens with one attached hydrogen (secondary N) is 1. The Hall–Kier alpha value is -1.93. The summed E-state index contributed by atoms with van der Waals surface area (Å²) in [5.41, 5.74) is 0. The molecule has 1 aliphatic carbocycles. The van der Waals surface area contributed by atoms with Crippen LogP contribution in [0.15, 0.2) is 29.2 Å². The average Bonchev–Trinajstić information content (AvgIpc) is 2.55. The minimum absolute atomic E-state index is 0.0315. The normalized spacial score (nSPS) is 17.2. The Balaban J connectivity index is 2.19. The number of carbonyl (C=O) groups is 2. The number of sulfonamides is 1. The molecular weight excluding hydrogens is 334 g/mol. The molecule has 1 saturated carbocycles. The number of aliphatic carboxylic acids is 1. The maximum atomic E-state index is 12.5. The Kier molecular flexibility index (Phi) is 6.33. The lowest BCUT2D eigenvalue weighted by atomic mass is 9.98. The van der Waals surface area contributed by atoms with E-state index < -0.39 is 28.5 Å². The zero-order valence-corrected chi connectivity index (χ0v) is 14.0. The Bertz CT molecular complexity index is 682. The Labute approximate surface area is 141 Å². The molecule has 0 aliphatic heterocycles. The molecule has 8 heteroatoms. The van der Waals surface area contributed by atoms with Crippen molar-refractivity contribution >= 4 is 22.3 Å². The number of rotatable bonds is 8. The lowest BCUT2D eigenvalue weighted by molar-refractivity contribution is -0.138. The van der Waals surface area contributed by atoms with Gasteiger partial charge in [-0.2, -0.15) is 0 Å². The largest absolute Gasteiger partial charge is 0.489 e. The van der Waals surface area contributed by atoms with Crippen molar-refractivity contribution in [1.29, 1.82) is 0 Å². The summed E-state index contributed by atoms with van der Waals surface area (Å²) in [6.07, 6.45) is 4.61. The van der Waals surface area contributed by atoms with E-state index >= 15 is 0 Å². The predicted octanol–water partition coefficient (Wildman–Crippen LogP) is 1.72. The van der Waals surface area contributed by atoms with Gasteiger partial charge in [-0.15, -0.1) is 0 Å². The van der Waals surface area contributed by atoms with E-state index in [-0.39, 0.29) is 23.0 Å². The molecule has 0 aromatic heterocycles. The topological polar surface area (TPSA) is 110 Å². The smallest absolute Gasteiger partial charge is 0.305 e. The molecule has 2 N–H and O–H groups in total. The van der Waals surface area contributed by atoms with Gasteiger partial charge in [-0.3, -0.25) is 4.79 Å². The summed E-state index contributed by atoms with van der Waals surface area (Å²) in [5, 5.41) is 8.73. The fraction of sp³-hybridized carbons (Fsp3) is 0.500. The highest BCUT2D eigenvalue weighted by atomic mass is 32.2. The number of carbonyl (C=O) groups excluding carboxylic acids is 1. The van der Waals surface area contributed by atoms with Crippen LogP contribution in [0.2, 0.25) is 0 Å². The van der Waals surface area contributed by atoms with Crippen LogP contribution < -0.4 is 9.46 Å². The van der Waals surface area contributed by atoms with Crippen molar-refractivity contribution in [1.82, 2.24) is 4.72 Å². The van der Waals surface area contributed by atoms with Gasteiger partial charge in [-0.1, -0.05) is 18.6 Å². The van der Waals surface area contributed by atoms with Crippen LogP contribution in [0.5, 0.6) is 5.75 Å². The van der Waals surface area contributed by atoms with Crippen molar-refractivity contribution in [2.24, 2.45) is 0 Å². The van der Waals surface area contributed by atoms with Crippen LogP contribution in [-0.2, 0) is 19.6 Å². The fourth-order valence-electron chi connectivity index (χ4n) is 2.70. The molecule has 1 atom stereocenters. The minimum Gasteiger partial charge on any atom is -0.489 e. The van der Waals surface area contributed by atoms with Crippen LogP contribution in [0.25, 0.3) is 0 Å². The van der Waals surface area contributed by atoms with Crippen LogP contribution >= 0.6 is 0 Å². The van der Waals surface area contributed by atoms with Gasteiger partial charge >= 0.3 is 5.97 Å². The number of para-hydroxylation sites is 1. The zero-order valence-electron chi connectivity index (χ0n) is 13.2. The van der Waals surface area contributed by atoms with Gasteiger partial charge in [-0.25, -0.2) is 13.1 Å². The summed E-state index contributed by atoms with van der Waals surface area (Å²) < 4.78 is 33.0. The molecule has 1 aliphatic rings. The second-order valence-electron chi connectivity index (χ2n) is 5.79. The quantitative estimate of drug-likeness (QED) is 0.687. The van der Waals surface area contributed by atoms with E-state index in [1.54, 1.807) is 18.2 Å². The molecule has 1 aromatic carbocycles. The standard InChI is InChI=1S/C16H21NO6S/c18-11-12(10-16(19)20)17-24(21,22)15-9-5-4-8-14(15)23-13-6-2-1-3-7-13/h4-5,8-9,11-13,17H,1-3,6-7,10H2,(H,19,20). The number of aldehydes is 1. The third kappa shape index (κ3) is 5.04. The monoisotopic (exact) mass is 355 g/mol. The Morgan fingerprint density at radius 2 is 1.96 bits per heavy atom. The molecule has 0 saturated heterocycles. The van der Waals surface area contributed by atoms with E-state index in [9.17, 15) is 18.0 Å². The number of carboxylic acids is 1. The van der Waals surface area contributed by atoms with Gasteiger partial charge in [0.2, 0.25) is 10.0 Å². The molecule has 0 heterocycles. The summed E-state index contributed by atoms with van der Waals surface area (Å²) in [7, 11) is -4.07. The van der Waals surface area contributed by atoms with E-state index in [2.05, 4.69) is 4.72 Å². The molecule has 1 aromatic rings. The molecule has 7 nitrogen and oxygen atoms in total. The lowest BCUT2D eigenvalue weighted by Crippen LogP contribution is -2.37. The van der Waals surface area contributed by atoms with Crippen molar-refractivity contribution < 1.29 is 27.9 Å². The molecule has 0 radical (unpaired) electrons. The molecular formula is C16H21NO6S. The fourth-order valence-corrected chi connectivity index (χ4v) is 4.00. The molecule has 2 rings (SSSR count). The summed E-state index contributed by atoms with van der Waals surface area (Å²) in [6, 6.07) is 4.84. The summed E-state index contributed by atoms with van der Waals surface area (Å²) in [4.78, 5) is 21.5. The number of hydrogen-bond acceptors (Lipinski definition) is 5. The van der Waals surface area contributed by atoms with Crippen molar-refractivity contribution in [2.45, 2.75) is 55.6 Å². The number of hydrogen-bond donors (Lipinski definition) is 2. The molecule has 0 bridgehead atoms. The van der Waals surface area contributed by atoms with Crippen molar-refractivity contribution in [3.63, 3.8) is 0 Å². The van der Waals surface area contributed by atoms with E-state index in [1.165, 1.54) is 6.07 Å². The molecule has 24 heavy (non-hydrogen) atoms. The van der Waals surface area contributed by atoms with Gasteiger partial charge < -0.3 is 14.6 Å². The maximum absolute atomic E-state index is 12.5. The zero-order chi connectivity index (χ0) is 17.6. The van der Waals surface area contributed by atoms with Crippen LogP contribution in [0.3, 0.4) is 0 Å². The Morgan fingerprint density at radius 3 is 2.58 bits per heavy atom. The molecule has 1 fully saturated rings. The summed E-state index contributed by atoms with van der Waals surface area (Å²) in [6.45, 7) is 0. The second-order valence-corrected chi connectivity index (χ2v) is 7.47. The second kappa shape index (κ2) is 8.25. The van der Waals surface area contributed by atoms with Crippen LogP contribution in [-0.4, -0.2) is 37.9 Å². The number of ether oxygens (including phenoxy) is 1. The average molecular weight is 355 g/mol.